The maximum absolute atomic E-state index is 11.9. The maximum atomic E-state index is 11.9. The fraction of sp³-hybridized carbons (Fsp3) is 0.190. The van der Waals surface area contributed by atoms with Gasteiger partial charge in [-0.15, -0.1) is 0 Å². The van der Waals surface area contributed by atoms with Crippen LogP contribution in [-0.4, -0.2) is 43.4 Å². The fourth-order valence-corrected chi connectivity index (χ4v) is 2.56. The molecule has 2 rings (SSSR count). The number of nitrogens with one attached hydrogen (secondary N) is 3. The minimum Gasteiger partial charge on any atom is -0.465 e. The first-order valence-electron chi connectivity index (χ1n) is 9.27. The van der Waals surface area contributed by atoms with Gasteiger partial charge in [0, 0.05) is 12.1 Å². The van der Waals surface area contributed by atoms with Crippen LogP contribution in [0, 0.1) is 0 Å². The van der Waals surface area contributed by atoms with E-state index in [-0.39, 0.29) is 23.4 Å². The van der Waals surface area contributed by atoms with Gasteiger partial charge in [-0.3, -0.25) is 30.0 Å². The van der Waals surface area contributed by atoms with Gasteiger partial charge in [-0.25, -0.2) is 4.79 Å². The highest BCUT2D eigenvalue weighted by atomic mass is 35.5. The normalized spacial score (nSPS) is 9.94. The summed E-state index contributed by atoms with van der Waals surface area (Å²) in [6.45, 7) is -0.553. The average molecular weight is 462 g/mol. The van der Waals surface area contributed by atoms with Crippen LogP contribution in [0.5, 0.6) is 0 Å². The molecule has 3 amide bonds. The minimum atomic E-state index is -0.770. The lowest BCUT2D eigenvalue weighted by atomic mass is 10.2. The number of rotatable bonds is 8. The van der Waals surface area contributed by atoms with Gasteiger partial charge in [-0.05, 0) is 36.4 Å². The molecule has 0 aliphatic heterocycles. The number of benzene rings is 2. The molecule has 0 atom stereocenters. The molecule has 2 aromatic carbocycles. The Balaban J connectivity index is 1.66. The second-order valence-electron chi connectivity index (χ2n) is 6.26. The standard InChI is InChI=1S/C21H20ClN3O7/c1-31-21(30)13-6-8-14(9-7-13)23-18(27)12-32-19(28)11-10-17(26)24-25-20(29)15-4-2-3-5-16(15)22/h2-9H,10-12H2,1H3,(H,23,27)(H,24,26)(H,25,29). The lowest BCUT2D eigenvalue weighted by molar-refractivity contribution is -0.148. The van der Waals surface area contributed by atoms with Crippen LogP contribution in [0.15, 0.2) is 48.5 Å². The predicted molar refractivity (Wildman–Crippen MR) is 114 cm³/mol. The molecule has 0 unspecified atom stereocenters. The van der Waals surface area contributed by atoms with Gasteiger partial charge in [0.05, 0.1) is 29.7 Å². The van der Waals surface area contributed by atoms with Crippen LogP contribution < -0.4 is 16.2 Å². The Hall–Kier alpha value is -3.92. The summed E-state index contributed by atoms with van der Waals surface area (Å²) in [7, 11) is 1.26. The van der Waals surface area contributed by atoms with E-state index in [1.165, 1.54) is 43.5 Å². The Labute approximate surface area is 188 Å². The number of esters is 2. The number of hydrazine groups is 1. The molecule has 0 fully saturated rings. The van der Waals surface area contributed by atoms with E-state index in [1.54, 1.807) is 12.1 Å². The van der Waals surface area contributed by atoms with Crippen LogP contribution in [0.3, 0.4) is 0 Å². The second kappa shape index (κ2) is 12.1. The lowest BCUT2D eigenvalue weighted by Gasteiger charge is -2.09. The Morgan fingerprint density at radius 1 is 0.875 bits per heavy atom. The molecule has 0 heterocycles. The van der Waals surface area contributed by atoms with Gasteiger partial charge < -0.3 is 14.8 Å². The van der Waals surface area contributed by atoms with E-state index in [1.807, 2.05) is 0 Å². The van der Waals surface area contributed by atoms with Gasteiger partial charge in [0.1, 0.15) is 0 Å². The molecule has 0 radical (unpaired) electrons. The number of amides is 3. The Morgan fingerprint density at radius 2 is 1.56 bits per heavy atom. The van der Waals surface area contributed by atoms with Gasteiger partial charge >= 0.3 is 11.9 Å². The van der Waals surface area contributed by atoms with Crippen molar-refractivity contribution >= 4 is 46.9 Å². The molecule has 2 aromatic rings. The summed E-state index contributed by atoms with van der Waals surface area (Å²) in [4.78, 5) is 58.6. The van der Waals surface area contributed by atoms with Gasteiger partial charge in [-0.1, -0.05) is 23.7 Å². The Kier molecular flexibility index (Phi) is 9.18. The molecule has 0 bridgehead atoms. The smallest absolute Gasteiger partial charge is 0.337 e. The summed E-state index contributed by atoms with van der Waals surface area (Å²) in [6, 6.07) is 12.2. The molecule has 0 aliphatic carbocycles. The zero-order valence-electron chi connectivity index (χ0n) is 17.0. The molecule has 10 nitrogen and oxygen atoms in total. The first-order chi connectivity index (χ1) is 15.3. The third kappa shape index (κ3) is 7.73. The van der Waals surface area contributed by atoms with Crippen molar-refractivity contribution in [3.8, 4) is 0 Å². The molecule has 0 spiro atoms. The van der Waals surface area contributed by atoms with E-state index in [4.69, 9.17) is 16.3 Å². The number of carbonyl (C=O) groups is 5. The van der Waals surface area contributed by atoms with Gasteiger partial charge in [0.2, 0.25) is 5.91 Å². The molecular weight excluding hydrogens is 442 g/mol. The topological polar surface area (TPSA) is 140 Å². The van der Waals surface area contributed by atoms with E-state index in [2.05, 4.69) is 20.9 Å². The summed E-state index contributed by atoms with van der Waals surface area (Å²) < 4.78 is 9.38. The monoisotopic (exact) mass is 461 g/mol. The number of ether oxygens (including phenoxy) is 2. The van der Waals surface area contributed by atoms with E-state index in [9.17, 15) is 24.0 Å². The second-order valence-corrected chi connectivity index (χ2v) is 6.67. The first-order valence-corrected chi connectivity index (χ1v) is 9.65. The van der Waals surface area contributed by atoms with Crippen molar-refractivity contribution in [2.45, 2.75) is 12.8 Å². The minimum absolute atomic E-state index is 0.180. The van der Waals surface area contributed by atoms with Gasteiger partial charge in [0.25, 0.3) is 11.8 Å². The Bertz CT molecular complexity index is 1010. The fourth-order valence-electron chi connectivity index (χ4n) is 2.34. The van der Waals surface area contributed by atoms with Crippen molar-refractivity contribution in [2.24, 2.45) is 0 Å². The highest BCUT2D eigenvalue weighted by molar-refractivity contribution is 6.33. The summed E-state index contributed by atoms with van der Waals surface area (Å²) in [6.07, 6.45) is -0.562. The molecule has 3 N–H and O–H groups in total. The highest BCUT2D eigenvalue weighted by Crippen LogP contribution is 2.14. The van der Waals surface area contributed by atoms with Crippen LogP contribution in [0.1, 0.15) is 33.6 Å². The highest BCUT2D eigenvalue weighted by Gasteiger charge is 2.13. The molecule has 0 aromatic heterocycles. The SMILES string of the molecule is COC(=O)c1ccc(NC(=O)COC(=O)CCC(=O)NNC(=O)c2ccccc2Cl)cc1. The van der Waals surface area contributed by atoms with Gasteiger partial charge in [-0.2, -0.15) is 0 Å². The number of carbonyl (C=O) groups excluding carboxylic acids is 5. The average Bonchev–Trinajstić information content (AvgIpc) is 2.80. The molecule has 32 heavy (non-hydrogen) atoms. The number of hydrogen-bond acceptors (Lipinski definition) is 7. The van der Waals surface area contributed by atoms with Crippen LogP contribution in [0.2, 0.25) is 5.02 Å². The summed E-state index contributed by atoms with van der Waals surface area (Å²) >= 11 is 5.89. The van der Waals surface area contributed by atoms with Crippen molar-refractivity contribution in [1.29, 1.82) is 0 Å². The Morgan fingerprint density at radius 3 is 2.22 bits per heavy atom. The summed E-state index contributed by atoms with van der Waals surface area (Å²) in [5.74, 6) is -3.11. The maximum Gasteiger partial charge on any atom is 0.337 e. The molecule has 0 saturated carbocycles. The third-order valence-corrected chi connectivity index (χ3v) is 4.27. The van der Waals surface area contributed by atoms with Crippen LogP contribution in [-0.2, 0) is 23.9 Å². The van der Waals surface area contributed by atoms with E-state index in [0.717, 1.165) is 0 Å². The van der Waals surface area contributed by atoms with Crippen LogP contribution in [0.25, 0.3) is 0 Å². The van der Waals surface area contributed by atoms with E-state index < -0.39 is 36.3 Å². The molecule has 0 aliphatic rings. The van der Waals surface area contributed by atoms with E-state index in [0.29, 0.717) is 11.3 Å². The summed E-state index contributed by atoms with van der Waals surface area (Å²) in [5.41, 5.74) is 5.24. The van der Waals surface area contributed by atoms with Crippen molar-refractivity contribution < 1.29 is 33.4 Å². The van der Waals surface area contributed by atoms with Gasteiger partial charge in [0.15, 0.2) is 6.61 Å². The quantitative estimate of drug-likeness (QED) is 0.402. The predicted octanol–water partition coefficient (Wildman–Crippen LogP) is 1.85. The molecule has 0 saturated heterocycles. The zero-order valence-corrected chi connectivity index (χ0v) is 17.7. The van der Waals surface area contributed by atoms with Crippen molar-refractivity contribution in [2.75, 3.05) is 19.0 Å². The zero-order chi connectivity index (χ0) is 23.5. The van der Waals surface area contributed by atoms with Crippen molar-refractivity contribution in [1.82, 2.24) is 10.9 Å². The van der Waals surface area contributed by atoms with Crippen molar-refractivity contribution in [3.05, 3.63) is 64.7 Å². The van der Waals surface area contributed by atoms with Crippen LogP contribution in [0.4, 0.5) is 5.69 Å². The first kappa shape index (κ1) is 24.4. The van der Waals surface area contributed by atoms with Crippen LogP contribution >= 0.6 is 11.6 Å². The summed E-state index contributed by atoms with van der Waals surface area (Å²) in [5, 5.41) is 2.72. The molecule has 168 valence electrons. The number of halogens is 1. The lowest BCUT2D eigenvalue weighted by Crippen LogP contribution is -2.41. The largest absolute Gasteiger partial charge is 0.465 e. The molecule has 11 heteroatoms. The number of anilines is 1. The molecular formula is C21H20ClN3O7. The van der Waals surface area contributed by atoms with E-state index >= 15 is 0 Å². The number of hydrogen-bond donors (Lipinski definition) is 3. The number of methoxy groups -OCH3 is 1. The third-order valence-electron chi connectivity index (χ3n) is 3.94. The van der Waals surface area contributed by atoms with Crippen molar-refractivity contribution in [3.63, 3.8) is 0 Å².